The van der Waals surface area contributed by atoms with E-state index in [1.165, 1.54) is 56.1 Å². The molecule has 32 nitrogen and oxygen atoms in total. The number of esters is 2. The zero-order chi connectivity index (χ0) is 67.3. The van der Waals surface area contributed by atoms with Crippen molar-refractivity contribution in [2.75, 3.05) is 48.4 Å². The van der Waals surface area contributed by atoms with Gasteiger partial charge in [0.05, 0.1) is 80.6 Å². The van der Waals surface area contributed by atoms with E-state index in [2.05, 4.69) is 0 Å². The monoisotopic (exact) mass is 1380 g/mol. The summed E-state index contributed by atoms with van der Waals surface area (Å²) in [4.78, 5) is 26.3. The van der Waals surface area contributed by atoms with Crippen LogP contribution in [0.25, 0.3) is 0 Å². The SMILES string of the molecule is COC[C@H]1O[C@@H](O[C@H]2OC[C@@H]3O[C@]4(O[C@H]3[C@H]2OC(C)=O)O[C@H](C)[C@@](O)(C(C)O)[C@@H]2OCO[C@H]24)[C@@H](OC)[C@@H](O)[C@@H]1O[C@@H]1O[C@H](C)[C@H](OC)[C@H](O[C@H]2C[C@@]3(C)OC4(C[C@@H](O)[C@H](O[C@H]5C[C@@H](O)[C@H](OC(=O)c6c(C)c(Cl)c(O)c(Cl)c6OC)[C@@H](C)O5)[C@@H](C)O4)O[C@@H]3[C@@H](C)O2)[C@H]1O. The summed E-state index contributed by atoms with van der Waals surface area (Å²) in [6.07, 6.45) is -33.6. The number of aliphatic hydroxyl groups excluding tert-OH is 5. The van der Waals surface area contributed by atoms with Crippen molar-refractivity contribution in [2.45, 2.75) is 277 Å². The van der Waals surface area contributed by atoms with Crippen LogP contribution >= 0.6 is 23.2 Å². The Hall–Kier alpha value is -2.70. The molecule has 10 fully saturated rings. The van der Waals surface area contributed by atoms with Crippen LogP contribution < -0.4 is 4.74 Å². The second kappa shape index (κ2) is 27.8. The van der Waals surface area contributed by atoms with Gasteiger partial charge in [-0.25, -0.2) is 4.79 Å². The van der Waals surface area contributed by atoms with E-state index in [9.17, 15) is 45.3 Å². The molecule has 10 heterocycles. The molecule has 11 rings (SSSR count). The number of hydrogen-bond donors (Lipinski definition) is 7. The number of ether oxygens (including phenoxy) is 23. The summed E-state index contributed by atoms with van der Waals surface area (Å²) in [7, 11) is 5.35. The van der Waals surface area contributed by atoms with Crippen molar-refractivity contribution in [1.29, 1.82) is 0 Å². The Morgan fingerprint density at radius 2 is 1.35 bits per heavy atom. The highest BCUT2D eigenvalue weighted by atomic mass is 35.5. The van der Waals surface area contributed by atoms with Gasteiger partial charge in [-0.2, -0.15) is 0 Å². The van der Waals surface area contributed by atoms with E-state index in [1.54, 1.807) is 34.6 Å². The molecular weight excluding hydrogens is 1290 g/mol. The molecule has 32 atom stereocenters. The van der Waals surface area contributed by atoms with Crippen LogP contribution in [0.4, 0.5) is 0 Å². The molecule has 528 valence electrons. The lowest BCUT2D eigenvalue weighted by Crippen LogP contribution is -2.72. The summed E-state index contributed by atoms with van der Waals surface area (Å²) in [6.45, 7) is 13.2. The maximum atomic E-state index is 13.5. The third-order valence-corrected chi connectivity index (χ3v) is 19.9. The Labute approximate surface area is 545 Å². The van der Waals surface area contributed by atoms with Gasteiger partial charge < -0.3 is 145 Å². The smallest absolute Gasteiger partial charge is 0.342 e. The molecular formula is C59H86Cl2O32. The van der Waals surface area contributed by atoms with Crippen molar-refractivity contribution >= 4 is 35.1 Å². The maximum Gasteiger partial charge on any atom is 0.342 e. The van der Waals surface area contributed by atoms with Crippen LogP contribution in [0.1, 0.15) is 90.6 Å². The molecule has 1 aromatic carbocycles. The van der Waals surface area contributed by atoms with Gasteiger partial charge in [-0.05, 0) is 61.0 Å². The highest BCUT2D eigenvalue weighted by molar-refractivity contribution is 6.39. The minimum absolute atomic E-state index is 0.00659. The van der Waals surface area contributed by atoms with E-state index >= 15 is 0 Å². The molecule has 93 heavy (non-hydrogen) atoms. The Morgan fingerprint density at radius 1 is 0.667 bits per heavy atom. The number of hydrogen-bond acceptors (Lipinski definition) is 32. The second-order valence-electron chi connectivity index (χ2n) is 25.4. The number of carbonyl (C=O) groups excluding carboxylic acids is 2. The Balaban J connectivity index is 0.715. The van der Waals surface area contributed by atoms with Gasteiger partial charge in [0, 0.05) is 41.1 Å². The van der Waals surface area contributed by atoms with Gasteiger partial charge in [0.15, 0.2) is 55.0 Å². The fourth-order valence-electron chi connectivity index (χ4n) is 14.6. The maximum absolute atomic E-state index is 13.5. The normalized spacial score (nSPS) is 48.4. The lowest BCUT2D eigenvalue weighted by Gasteiger charge is -2.51. The van der Waals surface area contributed by atoms with E-state index in [-0.39, 0.29) is 66.2 Å². The fourth-order valence-corrected chi connectivity index (χ4v) is 15.1. The van der Waals surface area contributed by atoms with Crippen molar-refractivity contribution in [3.8, 4) is 11.5 Å². The van der Waals surface area contributed by atoms with Crippen molar-refractivity contribution in [3.05, 3.63) is 21.2 Å². The number of methoxy groups -OCH3 is 4. The summed E-state index contributed by atoms with van der Waals surface area (Å²) in [5.41, 5.74) is -3.13. The fraction of sp³-hybridized carbons (Fsp3) is 0.864. The number of aromatic hydroxyl groups is 1. The number of fused-ring (bicyclic) bond motifs is 4. The van der Waals surface area contributed by atoms with Gasteiger partial charge in [-0.1, -0.05) is 23.2 Å². The largest absolute Gasteiger partial charge is 0.505 e. The van der Waals surface area contributed by atoms with Crippen molar-refractivity contribution < 1.29 is 154 Å². The Morgan fingerprint density at radius 3 is 2.01 bits per heavy atom. The molecule has 0 bridgehead atoms. The predicted octanol–water partition coefficient (Wildman–Crippen LogP) is 0.208. The van der Waals surface area contributed by atoms with E-state index in [0.29, 0.717) is 0 Å². The highest BCUT2D eigenvalue weighted by Crippen LogP contribution is 2.53. The van der Waals surface area contributed by atoms with Crippen LogP contribution in [-0.2, 0) is 109 Å². The van der Waals surface area contributed by atoms with Gasteiger partial charge in [0.1, 0.15) is 102 Å². The summed E-state index contributed by atoms with van der Waals surface area (Å²) in [5, 5.41) is 79.6. The first-order valence-electron chi connectivity index (χ1n) is 30.9. The summed E-state index contributed by atoms with van der Waals surface area (Å²) in [5.74, 6) is -6.16. The first kappa shape index (κ1) is 71.6. The molecule has 0 radical (unpaired) electrons. The predicted molar refractivity (Wildman–Crippen MR) is 305 cm³/mol. The average molecular weight is 1380 g/mol. The Kier molecular flexibility index (Phi) is 21.4. The van der Waals surface area contributed by atoms with Gasteiger partial charge in [-0.15, -0.1) is 0 Å². The molecule has 34 heteroatoms. The van der Waals surface area contributed by atoms with Gasteiger partial charge in [0.2, 0.25) is 6.29 Å². The quantitative estimate of drug-likeness (QED) is 0.103. The third-order valence-electron chi connectivity index (χ3n) is 19.1. The molecule has 0 aliphatic carbocycles. The van der Waals surface area contributed by atoms with Gasteiger partial charge >= 0.3 is 17.9 Å². The molecule has 10 saturated heterocycles. The Bertz CT molecular complexity index is 2780. The van der Waals surface area contributed by atoms with Gasteiger partial charge in [0.25, 0.3) is 5.97 Å². The first-order chi connectivity index (χ1) is 44.0. The lowest BCUT2D eigenvalue weighted by atomic mass is 9.80. The van der Waals surface area contributed by atoms with Crippen LogP contribution in [0, 0.1) is 6.92 Å². The van der Waals surface area contributed by atoms with E-state index < -0.39 is 213 Å². The van der Waals surface area contributed by atoms with E-state index in [4.69, 9.17) is 132 Å². The zero-order valence-electron chi connectivity index (χ0n) is 53.5. The summed E-state index contributed by atoms with van der Waals surface area (Å²) >= 11 is 12.5. The number of halogens is 2. The third kappa shape index (κ3) is 13.1. The van der Waals surface area contributed by atoms with Crippen LogP contribution in [0.5, 0.6) is 11.5 Å². The van der Waals surface area contributed by atoms with Crippen LogP contribution in [-0.4, -0.2) is 291 Å². The molecule has 7 N–H and O–H groups in total. The van der Waals surface area contributed by atoms with E-state index in [1.807, 2.05) is 0 Å². The van der Waals surface area contributed by atoms with Crippen molar-refractivity contribution in [1.82, 2.24) is 0 Å². The number of phenolic OH excluding ortho intramolecular Hbond substituents is 1. The minimum atomic E-state index is -2.02. The first-order valence-corrected chi connectivity index (χ1v) is 31.7. The van der Waals surface area contributed by atoms with E-state index in [0.717, 1.165) is 0 Å². The number of aliphatic hydroxyl groups is 6. The molecule has 0 saturated carbocycles. The number of phenols is 1. The highest BCUT2D eigenvalue weighted by Gasteiger charge is 2.73. The molecule has 1 aromatic rings. The number of carbonyl (C=O) groups is 2. The number of benzene rings is 1. The van der Waals surface area contributed by atoms with Crippen LogP contribution in [0.2, 0.25) is 10.0 Å². The molecule has 2 spiro atoms. The molecule has 0 amide bonds. The lowest BCUT2D eigenvalue weighted by molar-refractivity contribution is -0.439. The minimum Gasteiger partial charge on any atom is -0.505 e. The van der Waals surface area contributed by atoms with Crippen molar-refractivity contribution in [2.24, 2.45) is 0 Å². The second-order valence-corrected chi connectivity index (χ2v) is 26.2. The summed E-state index contributed by atoms with van der Waals surface area (Å²) < 4.78 is 141. The molecule has 2 unspecified atom stereocenters. The molecule has 10 aliphatic heterocycles. The molecule has 10 aliphatic rings. The standard InChI is InChI=1S/C59H86Cl2O32/c1-20-34(45(73-12)36(61)37(66)35(20)60)52(69)85-40-21(2)78-32(14-28(40)64)83-41-23(4)88-57(15-29(41)65)92-49-24(5)79-33(16-56(49,9)93-57)84-46-39(68)53(80-22(3)42(46)72-11)86-43-30(17-71-10)82-55(47(74-13)38(43)67)87-54-48(81-27(8)63)44-31(18-75-54)90-59(91-44)51-50(76-19-77-51)58(70,25(6)62)26(7)89-59/h21-26,28-33,38-44,46-51,53-55,62,64-68,70H,14-19H2,1-13H3/t21-,22-,23-,24-,25?,26-,28-,29-,30-,31+,32+,33+,38+,39-,40-,41-,42+,43-,44-,46-,47+,48-,49-,50-,51-,53+,54-,55+,56-,57?,58+,59-/m1/s1. The van der Waals surface area contributed by atoms with Crippen LogP contribution in [0.3, 0.4) is 0 Å². The topological polar surface area (TPSA) is 388 Å². The van der Waals surface area contributed by atoms with Crippen LogP contribution in [0.15, 0.2) is 0 Å². The average Bonchev–Trinajstić information content (AvgIpc) is 1.59. The summed E-state index contributed by atoms with van der Waals surface area (Å²) in [6, 6.07) is 0. The van der Waals surface area contributed by atoms with Crippen molar-refractivity contribution in [3.63, 3.8) is 0 Å². The molecule has 0 aromatic heterocycles. The van der Waals surface area contributed by atoms with Gasteiger partial charge in [-0.3, -0.25) is 4.79 Å². The number of rotatable bonds is 17. The zero-order valence-corrected chi connectivity index (χ0v) is 55.0.